The van der Waals surface area contributed by atoms with Crippen molar-refractivity contribution in [2.75, 3.05) is 7.05 Å². The highest BCUT2D eigenvalue weighted by atomic mass is 15.2. The summed E-state index contributed by atoms with van der Waals surface area (Å²) >= 11 is 0. The van der Waals surface area contributed by atoms with Gasteiger partial charge in [0.25, 0.3) is 0 Å². The Morgan fingerprint density at radius 1 is 1.44 bits per heavy atom. The molecule has 0 saturated carbocycles. The zero-order valence-electron chi connectivity index (χ0n) is 5.72. The van der Waals surface area contributed by atoms with Gasteiger partial charge < -0.3 is 0 Å². The number of hydrogen-bond donors (Lipinski definition) is 0. The second kappa shape index (κ2) is 1.75. The normalized spacial score (nSPS) is 40.1. The van der Waals surface area contributed by atoms with Gasteiger partial charge in [-0.15, -0.1) is 0 Å². The van der Waals surface area contributed by atoms with Crippen LogP contribution in [0.4, 0.5) is 0 Å². The molecular formula is C8H11N. The van der Waals surface area contributed by atoms with Crippen LogP contribution in [-0.2, 0) is 0 Å². The Bertz CT molecular complexity index is 175. The van der Waals surface area contributed by atoms with Crippen molar-refractivity contribution in [1.82, 2.24) is 4.90 Å². The number of rotatable bonds is 0. The summed E-state index contributed by atoms with van der Waals surface area (Å²) in [6, 6.07) is 1.39. The summed E-state index contributed by atoms with van der Waals surface area (Å²) in [6.07, 6.45) is 3.75. The third-order valence-electron chi connectivity index (χ3n) is 2.45. The molecule has 2 atom stereocenters. The lowest BCUT2D eigenvalue weighted by atomic mass is 10.2. The van der Waals surface area contributed by atoms with E-state index in [1.54, 1.807) is 0 Å². The molecule has 2 aliphatic rings. The van der Waals surface area contributed by atoms with Crippen LogP contribution in [0, 0.1) is 11.8 Å². The number of fused-ring (bicyclic) bond motifs is 2. The van der Waals surface area contributed by atoms with Gasteiger partial charge in [-0.1, -0.05) is 11.8 Å². The van der Waals surface area contributed by atoms with Crippen molar-refractivity contribution in [3.05, 3.63) is 0 Å². The SMILES string of the molecule is CN1[C@@H]2CC#C[C@H]1CC2. The quantitative estimate of drug-likeness (QED) is 0.429. The molecule has 0 aromatic heterocycles. The number of hydrogen-bond acceptors (Lipinski definition) is 1. The van der Waals surface area contributed by atoms with Gasteiger partial charge in [-0.05, 0) is 19.9 Å². The van der Waals surface area contributed by atoms with Gasteiger partial charge in [-0.3, -0.25) is 4.90 Å². The second-order valence-electron chi connectivity index (χ2n) is 2.94. The third kappa shape index (κ3) is 0.668. The first-order valence-electron chi connectivity index (χ1n) is 3.58. The van der Waals surface area contributed by atoms with E-state index in [1.807, 2.05) is 0 Å². The van der Waals surface area contributed by atoms with Crippen molar-refractivity contribution in [1.29, 1.82) is 0 Å². The maximum atomic E-state index is 3.24. The molecule has 1 heteroatoms. The highest BCUT2D eigenvalue weighted by Gasteiger charge is 2.30. The summed E-state index contributed by atoms with van der Waals surface area (Å²) in [4.78, 5) is 2.41. The average molecular weight is 121 g/mol. The first-order chi connectivity index (χ1) is 4.38. The Hall–Kier alpha value is -0.480. The molecule has 1 nitrogen and oxygen atoms in total. The number of nitrogens with zero attached hydrogens (tertiary/aromatic N) is 1. The van der Waals surface area contributed by atoms with Crippen molar-refractivity contribution in [2.45, 2.75) is 31.3 Å². The lowest BCUT2D eigenvalue weighted by Crippen LogP contribution is -2.33. The molecule has 0 spiro atoms. The maximum absolute atomic E-state index is 3.24. The first kappa shape index (κ1) is 5.32. The van der Waals surface area contributed by atoms with Crippen LogP contribution in [0.5, 0.6) is 0 Å². The van der Waals surface area contributed by atoms with Gasteiger partial charge in [-0.2, -0.15) is 0 Å². The molecule has 0 radical (unpaired) electrons. The first-order valence-corrected chi connectivity index (χ1v) is 3.58. The summed E-state index contributed by atoms with van der Waals surface area (Å²) in [5.41, 5.74) is 0. The van der Waals surface area contributed by atoms with E-state index >= 15 is 0 Å². The summed E-state index contributed by atoms with van der Waals surface area (Å²) in [6.45, 7) is 0. The summed E-state index contributed by atoms with van der Waals surface area (Å²) in [7, 11) is 2.19. The van der Waals surface area contributed by atoms with Crippen molar-refractivity contribution >= 4 is 0 Å². The molecular weight excluding hydrogens is 110 g/mol. The van der Waals surface area contributed by atoms with Gasteiger partial charge in [-0.25, -0.2) is 0 Å². The van der Waals surface area contributed by atoms with E-state index in [0.717, 1.165) is 12.5 Å². The van der Waals surface area contributed by atoms with Crippen LogP contribution in [0.2, 0.25) is 0 Å². The van der Waals surface area contributed by atoms with E-state index in [4.69, 9.17) is 0 Å². The minimum atomic E-state index is 0.601. The van der Waals surface area contributed by atoms with Crippen LogP contribution in [0.15, 0.2) is 0 Å². The molecule has 0 aromatic rings. The topological polar surface area (TPSA) is 3.24 Å². The Morgan fingerprint density at radius 2 is 2.33 bits per heavy atom. The van der Waals surface area contributed by atoms with Crippen molar-refractivity contribution < 1.29 is 0 Å². The molecule has 48 valence electrons. The zero-order chi connectivity index (χ0) is 6.27. The maximum Gasteiger partial charge on any atom is 0.0715 e. The summed E-state index contributed by atoms with van der Waals surface area (Å²) < 4.78 is 0. The molecule has 2 rings (SSSR count). The van der Waals surface area contributed by atoms with Gasteiger partial charge in [0.05, 0.1) is 6.04 Å². The molecule has 9 heavy (non-hydrogen) atoms. The predicted molar refractivity (Wildman–Crippen MR) is 37.0 cm³/mol. The summed E-state index contributed by atoms with van der Waals surface area (Å²) in [5, 5.41) is 0. The van der Waals surface area contributed by atoms with Crippen LogP contribution in [0.1, 0.15) is 19.3 Å². The molecule has 0 N–H and O–H groups in total. The van der Waals surface area contributed by atoms with E-state index in [0.29, 0.717) is 6.04 Å². The molecule has 2 heterocycles. The molecule has 0 aromatic carbocycles. The van der Waals surface area contributed by atoms with Crippen LogP contribution in [0.3, 0.4) is 0 Å². The van der Waals surface area contributed by atoms with Gasteiger partial charge in [0.1, 0.15) is 0 Å². The highest BCUT2D eigenvalue weighted by Crippen LogP contribution is 2.26. The van der Waals surface area contributed by atoms with E-state index < -0.39 is 0 Å². The summed E-state index contributed by atoms with van der Waals surface area (Å²) in [5.74, 6) is 6.42. The Labute approximate surface area is 56.0 Å². The standard InChI is InChI=1S/C8H11N/c1-9-7-3-2-4-8(9)6-5-7/h7-8H,3,5-6H2,1H3/t7-,8+/m1/s1. The van der Waals surface area contributed by atoms with E-state index in [-0.39, 0.29) is 0 Å². The minimum absolute atomic E-state index is 0.601. The minimum Gasteiger partial charge on any atom is -0.289 e. The van der Waals surface area contributed by atoms with E-state index in [2.05, 4.69) is 23.8 Å². The smallest absolute Gasteiger partial charge is 0.0715 e. The lowest BCUT2D eigenvalue weighted by Gasteiger charge is -2.23. The van der Waals surface area contributed by atoms with Gasteiger partial charge in [0, 0.05) is 12.5 Å². The molecule has 0 aliphatic carbocycles. The fraction of sp³-hybridized carbons (Fsp3) is 0.750. The van der Waals surface area contributed by atoms with Crippen molar-refractivity contribution in [3.8, 4) is 11.8 Å². The fourth-order valence-electron chi connectivity index (χ4n) is 1.73. The molecule has 1 saturated heterocycles. The average Bonchev–Trinajstić information content (AvgIpc) is 2.19. The van der Waals surface area contributed by atoms with Crippen molar-refractivity contribution in [2.24, 2.45) is 0 Å². The zero-order valence-corrected chi connectivity index (χ0v) is 5.72. The van der Waals surface area contributed by atoms with Crippen LogP contribution < -0.4 is 0 Å². The second-order valence-corrected chi connectivity index (χ2v) is 2.94. The third-order valence-corrected chi connectivity index (χ3v) is 2.45. The lowest BCUT2D eigenvalue weighted by molar-refractivity contribution is 0.273. The highest BCUT2D eigenvalue weighted by molar-refractivity contribution is 5.17. The monoisotopic (exact) mass is 121 g/mol. The fourth-order valence-corrected chi connectivity index (χ4v) is 1.73. The van der Waals surface area contributed by atoms with Crippen LogP contribution in [0.25, 0.3) is 0 Å². The van der Waals surface area contributed by atoms with Crippen molar-refractivity contribution in [3.63, 3.8) is 0 Å². The van der Waals surface area contributed by atoms with E-state index in [1.165, 1.54) is 12.8 Å². The van der Waals surface area contributed by atoms with Crippen LogP contribution >= 0.6 is 0 Å². The van der Waals surface area contributed by atoms with Gasteiger partial charge in [0.15, 0.2) is 0 Å². The van der Waals surface area contributed by atoms with E-state index in [9.17, 15) is 0 Å². The molecule has 2 bridgehead atoms. The molecule has 1 fully saturated rings. The Morgan fingerprint density at radius 3 is 3.00 bits per heavy atom. The Balaban J connectivity index is 2.26. The largest absolute Gasteiger partial charge is 0.289 e. The molecule has 2 aliphatic heterocycles. The molecule has 0 unspecified atom stereocenters. The molecule has 0 amide bonds. The van der Waals surface area contributed by atoms with Crippen LogP contribution in [-0.4, -0.2) is 24.0 Å². The van der Waals surface area contributed by atoms with Gasteiger partial charge in [0.2, 0.25) is 0 Å². The predicted octanol–water partition coefficient (Wildman–Crippen LogP) is 0.856. The van der Waals surface area contributed by atoms with Gasteiger partial charge >= 0.3 is 0 Å². The Kier molecular flexibility index (Phi) is 1.03.